The highest BCUT2D eigenvalue weighted by atomic mass is 32.2. The molecule has 0 heterocycles. The molecular formula is C12H15NO5S. The zero-order valence-electron chi connectivity index (χ0n) is 10.4. The molecule has 1 aromatic carbocycles. The van der Waals surface area contributed by atoms with Gasteiger partial charge in [-0.25, -0.2) is 13.2 Å². The van der Waals surface area contributed by atoms with E-state index in [9.17, 15) is 18.0 Å². The Balaban J connectivity index is 2.57. The lowest BCUT2D eigenvalue weighted by Gasteiger charge is -2.05. The summed E-state index contributed by atoms with van der Waals surface area (Å²) in [6.07, 6.45) is 0. The summed E-state index contributed by atoms with van der Waals surface area (Å²) >= 11 is 0. The van der Waals surface area contributed by atoms with E-state index in [2.05, 4.69) is 5.32 Å². The Labute approximate surface area is 111 Å². The molecule has 0 saturated carbocycles. The van der Waals surface area contributed by atoms with E-state index in [0.29, 0.717) is 5.56 Å². The first-order valence-corrected chi connectivity index (χ1v) is 7.50. The summed E-state index contributed by atoms with van der Waals surface area (Å²) in [4.78, 5) is 22.3. The Morgan fingerprint density at radius 1 is 1.16 bits per heavy atom. The Morgan fingerprint density at radius 3 is 2.16 bits per heavy atom. The molecule has 104 valence electrons. The van der Waals surface area contributed by atoms with Crippen LogP contribution in [0, 0.1) is 0 Å². The topological polar surface area (TPSA) is 101 Å². The third kappa shape index (κ3) is 4.70. The second kappa shape index (κ2) is 6.33. The van der Waals surface area contributed by atoms with Crippen molar-refractivity contribution in [2.45, 2.75) is 6.92 Å². The first kappa shape index (κ1) is 15.2. The van der Waals surface area contributed by atoms with E-state index in [1.54, 1.807) is 6.92 Å². The standard InChI is InChI=1S/C12H15NO5S/c1-2-19(17,18)8-7-13-11(14)9-3-5-10(6-4-9)12(15)16/h3-6H,2,7-8H2,1H3,(H,13,14)(H,15,16). The highest BCUT2D eigenvalue weighted by molar-refractivity contribution is 7.91. The van der Waals surface area contributed by atoms with E-state index < -0.39 is 21.7 Å². The zero-order chi connectivity index (χ0) is 14.5. The normalized spacial score (nSPS) is 11.0. The van der Waals surface area contributed by atoms with Crippen molar-refractivity contribution < 1.29 is 23.1 Å². The van der Waals surface area contributed by atoms with Crippen molar-refractivity contribution >= 4 is 21.7 Å². The van der Waals surface area contributed by atoms with Crippen molar-refractivity contribution in [1.82, 2.24) is 5.32 Å². The third-order valence-corrected chi connectivity index (χ3v) is 4.24. The van der Waals surface area contributed by atoms with Crippen LogP contribution >= 0.6 is 0 Å². The predicted molar refractivity (Wildman–Crippen MR) is 70.1 cm³/mol. The first-order chi connectivity index (χ1) is 8.85. The SMILES string of the molecule is CCS(=O)(=O)CCNC(=O)c1ccc(C(=O)O)cc1. The molecule has 0 aliphatic rings. The fourth-order valence-electron chi connectivity index (χ4n) is 1.33. The van der Waals surface area contributed by atoms with Gasteiger partial charge in [-0.2, -0.15) is 0 Å². The second-order valence-electron chi connectivity index (χ2n) is 3.87. The van der Waals surface area contributed by atoms with Crippen molar-refractivity contribution in [1.29, 1.82) is 0 Å². The summed E-state index contributed by atoms with van der Waals surface area (Å²) < 4.78 is 22.4. The molecule has 1 amide bonds. The fourth-order valence-corrected chi connectivity index (χ4v) is 2.03. The van der Waals surface area contributed by atoms with Gasteiger partial charge in [0.25, 0.3) is 5.91 Å². The van der Waals surface area contributed by atoms with E-state index in [4.69, 9.17) is 5.11 Å². The van der Waals surface area contributed by atoms with Crippen LogP contribution in [0.15, 0.2) is 24.3 Å². The van der Waals surface area contributed by atoms with Crippen LogP contribution in [-0.4, -0.2) is 43.5 Å². The summed E-state index contributed by atoms with van der Waals surface area (Å²) in [7, 11) is -3.11. The summed E-state index contributed by atoms with van der Waals surface area (Å²) in [5.41, 5.74) is 0.379. The molecule has 0 saturated heterocycles. The van der Waals surface area contributed by atoms with Gasteiger partial charge in [0, 0.05) is 17.9 Å². The molecule has 7 heteroatoms. The molecule has 0 fully saturated rings. The van der Waals surface area contributed by atoms with Gasteiger partial charge in [0.05, 0.1) is 11.3 Å². The summed E-state index contributed by atoms with van der Waals surface area (Å²) in [5, 5.41) is 11.2. The maximum absolute atomic E-state index is 11.6. The summed E-state index contributed by atoms with van der Waals surface area (Å²) in [6, 6.07) is 5.40. The molecule has 0 aromatic heterocycles. The number of rotatable bonds is 6. The van der Waals surface area contributed by atoms with Crippen molar-refractivity contribution in [3.05, 3.63) is 35.4 Å². The quantitative estimate of drug-likeness (QED) is 0.795. The number of benzene rings is 1. The maximum Gasteiger partial charge on any atom is 0.335 e. The average molecular weight is 285 g/mol. The Kier molecular flexibility index (Phi) is 5.05. The minimum absolute atomic E-state index is 0.0374. The Hall–Kier alpha value is -1.89. The number of carboxylic acid groups (broad SMARTS) is 1. The van der Waals surface area contributed by atoms with Crippen LogP contribution in [0.5, 0.6) is 0 Å². The van der Waals surface area contributed by atoms with Gasteiger partial charge in [-0.1, -0.05) is 6.92 Å². The Bertz CT molecular complexity index is 562. The van der Waals surface area contributed by atoms with E-state index in [0.717, 1.165) is 0 Å². The molecule has 0 atom stereocenters. The van der Waals surface area contributed by atoms with Crippen molar-refractivity contribution in [2.75, 3.05) is 18.1 Å². The molecule has 0 aliphatic heterocycles. The Morgan fingerprint density at radius 2 is 1.68 bits per heavy atom. The molecule has 2 N–H and O–H groups in total. The molecule has 0 spiro atoms. The van der Waals surface area contributed by atoms with Gasteiger partial charge >= 0.3 is 5.97 Å². The molecule has 0 aliphatic carbocycles. The third-order valence-electron chi connectivity index (χ3n) is 2.53. The second-order valence-corrected chi connectivity index (χ2v) is 6.35. The van der Waals surface area contributed by atoms with E-state index in [1.165, 1.54) is 24.3 Å². The van der Waals surface area contributed by atoms with Gasteiger partial charge in [-0.3, -0.25) is 4.79 Å². The number of carboxylic acids is 1. The van der Waals surface area contributed by atoms with E-state index >= 15 is 0 Å². The summed E-state index contributed by atoms with van der Waals surface area (Å²) in [6.45, 7) is 1.58. The van der Waals surface area contributed by atoms with Crippen LogP contribution in [0.1, 0.15) is 27.6 Å². The molecular weight excluding hydrogens is 270 g/mol. The number of carbonyl (C=O) groups excluding carboxylic acids is 1. The minimum atomic E-state index is -3.11. The molecule has 0 radical (unpaired) electrons. The van der Waals surface area contributed by atoms with Crippen LogP contribution < -0.4 is 5.32 Å². The largest absolute Gasteiger partial charge is 0.478 e. The van der Waals surface area contributed by atoms with Crippen LogP contribution in [0.2, 0.25) is 0 Å². The smallest absolute Gasteiger partial charge is 0.335 e. The number of sulfone groups is 1. The number of aromatic carboxylic acids is 1. The van der Waals surface area contributed by atoms with Crippen LogP contribution in [-0.2, 0) is 9.84 Å². The number of carbonyl (C=O) groups is 2. The average Bonchev–Trinajstić information content (AvgIpc) is 2.38. The van der Waals surface area contributed by atoms with Crippen molar-refractivity contribution in [2.24, 2.45) is 0 Å². The zero-order valence-corrected chi connectivity index (χ0v) is 11.2. The molecule has 0 unspecified atom stereocenters. The molecule has 19 heavy (non-hydrogen) atoms. The fraction of sp³-hybridized carbons (Fsp3) is 0.333. The molecule has 1 rings (SSSR count). The van der Waals surface area contributed by atoms with Gasteiger partial charge in [0.1, 0.15) is 0 Å². The minimum Gasteiger partial charge on any atom is -0.478 e. The summed E-state index contributed by atoms with van der Waals surface area (Å²) in [5.74, 6) is -1.57. The van der Waals surface area contributed by atoms with E-state index in [1.807, 2.05) is 0 Å². The van der Waals surface area contributed by atoms with Gasteiger partial charge in [0.2, 0.25) is 0 Å². The molecule has 1 aromatic rings. The number of nitrogens with one attached hydrogen (secondary N) is 1. The van der Waals surface area contributed by atoms with Crippen LogP contribution in [0.25, 0.3) is 0 Å². The lowest BCUT2D eigenvalue weighted by Crippen LogP contribution is -2.29. The highest BCUT2D eigenvalue weighted by Gasteiger charge is 2.10. The predicted octanol–water partition coefficient (Wildman–Crippen LogP) is 0.549. The molecule has 0 bridgehead atoms. The number of hydrogen-bond donors (Lipinski definition) is 2. The number of amides is 1. The lowest BCUT2D eigenvalue weighted by atomic mass is 10.1. The number of hydrogen-bond acceptors (Lipinski definition) is 4. The van der Waals surface area contributed by atoms with Crippen molar-refractivity contribution in [3.63, 3.8) is 0 Å². The van der Waals surface area contributed by atoms with Crippen LogP contribution in [0.3, 0.4) is 0 Å². The monoisotopic (exact) mass is 285 g/mol. The van der Waals surface area contributed by atoms with Gasteiger partial charge in [-0.15, -0.1) is 0 Å². The molecule has 6 nitrogen and oxygen atoms in total. The van der Waals surface area contributed by atoms with E-state index in [-0.39, 0.29) is 23.6 Å². The van der Waals surface area contributed by atoms with Crippen molar-refractivity contribution in [3.8, 4) is 0 Å². The van der Waals surface area contributed by atoms with Gasteiger partial charge < -0.3 is 10.4 Å². The van der Waals surface area contributed by atoms with Crippen LogP contribution in [0.4, 0.5) is 0 Å². The maximum atomic E-state index is 11.6. The first-order valence-electron chi connectivity index (χ1n) is 5.67. The lowest BCUT2D eigenvalue weighted by molar-refractivity contribution is 0.0696. The van der Waals surface area contributed by atoms with Gasteiger partial charge in [-0.05, 0) is 24.3 Å². The van der Waals surface area contributed by atoms with Gasteiger partial charge in [0.15, 0.2) is 9.84 Å². The highest BCUT2D eigenvalue weighted by Crippen LogP contribution is 2.04.